The Morgan fingerprint density at radius 1 is 0.941 bits per heavy atom. The Labute approximate surface area is 94.8 Å². The maximum Gasteiger partial charge on any atom is 0.407 e. The van der Waals surface area contributed by atoms with Crippen molar-refractivity contribution < 1.29 is 17.6 Å². The molecule has 0 saturated heterocycles. The zero-order valence-electron chi connectivity index (χ0n) is 8.63. The molecule has 0 aliphatic heterocycles. The maximum atomic E-state index is 13.4. The number of rotatable bonds is 1. The Hall–Kier alpha value is -1.62. The van der Waals surface area contributed by atoms with E-state index in [1.54, 1.807) is 12.1 Å². The molecule has 0 aliphatic rings. The summed E-state index contributed by atoms with van der Waals surface area (Å²) in [5, 5.41) is 0.335. The van der Waals surface area contributed by atoms with Crippen LogP contribution in [0.4, 0.5) is 17.6 Å². The Bertz CT molecular complexity index is 548. The molecule has 2 N–H and O–H groups in total. The van der Waals surface area contributed by atoms with Crippen LogP contribution < -0.4 is 5.73 Å². The first kappa shape index (κ1) is 11.9. The topological polar surface area (TPSA) is 26.0 Å². The molecule has 0 amide bonds. The van der Waals surface area contributed by atoms with Crippen LogP contribution in [0.3, 0.4) is 0 Å². The third kappa shape index (κ3) is 2.10. The molecule has 1 atom stereocenters. The van der Waals surface area contributed by atoms with E-state index in [2.05, 4.69) is 0 Å². The molecule has 0 spiro atoms. The molecule has 0 unspecified atom stereocenters. The van der Waals surface area contributed by atoms with Crippen LogP contribution in [0.5, 0.6) is 0 Å². The molecule has 0 radical (unpaired) electrons. The van der Waals surface area contributed by atoms with Crippen LogP contribution in [-0.4, -0.2) is 6.18 Å². The second-order valence-electron chi connectivity index (χ2n) is 3.70. The van der Waals surface area contributed by atoms with Gasteiger partial charge < -0.3 is 5.73 Å². The molecule has 0 heterocycles. The van der Waals surface area contributed by atoms with Gasteiger partial charge in [0.05, 0.1) is 0 Å². The molecule has 2 aromatic rings. The van der Waals surface area contributed by atoms with E-state index in [9.17, 15) is 17.6 Å². The molecule has 17 heavy (non-hydrogen) atoms. The van der Waals surface area contributed by atoms with Crippen LogP contribution >= 0.6 is 0 Å². The second-order valence-corrected chi connectivity index (χ2v) is 3.70. The number of fused-ring (bicyclic) bond motifs is 1. The monoisotopic (exact) mass is 243 g/mol. The molecule has 0 fully saturated rings. The first-order valence-corrected chi connectivity index (χ1v) is 4.90. The first-order valence-electron chi connectivity index (χ1n) is 4.90. The van der Waals surface area contributed by atoms with Crippen LogP contribution in [0.15, 0.2) is 36.4 Å². The van der Waals surface area contributed by atoms with E-state index in [0.717, 1.165) is 12.1 Å². The van der Waals surface area contributed by atoms with Crippen molar-refractivity contribution >= 4 is 10.8 Å². The normalized spacial score (nSPS) is 13.9. The Balaban J connectivity index is 2.67. The quantitative estimate of drug-likeness (QED) is 0.761. The number of alkyl halides is 3. The minimum Gasteiger partial charge on any atom is -0.316 e. The largest absolute Gasteiger partial charge is 0.407 e. The van der Waals surface area contributed by atoms with Crippen LogP contribution in [0.25, 0.3) is 10.8 Å². The summed E-state index contributed by atoms with van der Waals surface area (Å²) >= 11 is 0. The third-order valence-corrected chi connectivity index (χ3v) is 2.59. The van der Waals surface area contributed by atoms with Gasteiger partial charge in [0.1, 0.15) is 11.9 Å². The highest BCUT2D eigenvalue weighted by Gasteiger charge is 2.38. The highest BCUT2D eigenvalue weighted by atomic mass is 19.4. The van der Waals surface area contributed by atoms with Crippen LogP contribution in [0, 0.1) is 5.82 Å². The maximum absolute atomic E-state index is 13.4. The molecule has 0 aromatic heterocycles. The average Bonchev–Trinajstić information content (AvgIpc) is 2.28. The minimum atomic E-state index is -4.54. The zero-order chi connectivity index (χ0) is 12.6. The van der Waals surface area contributed by atoms with Gasteiger partial charge in [-0.25, -0.2) is 4.39 Å². The van der Waals surface area contributed by atoms with Gasteiger partial charge in [-0.1, -0.05) is 30.3 Å². The summed E-state index contributed by atoms with van der Waals surface area (Å²) in [6.45, 7) is 0. The van der Waals surface area contributed by atoms with Crippen LogP contribution in [0.2, 0.25) is 0 Å². The highest BCUT2D eigenvalue weighted by molar-refractivity contribution is 5.86. The van der Waals surface area contributed by atoms with Crippen molar-refractivity contribution in [3.05, 3.63) is 47.8 Å². The van der Waals surface area contributed by atoms with Crippen LogP contribution in [0.1, 0.15) is 11.6 Å². The van der Waals surface area contributed by atoms with Gasteiger partial charge in [0.2, 0.25) is 0 Å². The van der Waals surface area contributed by atoms with Gasteiger partial charge in [-0.15, -0.1) is 0 Å². The number of benzene rings is 2. The lowest BCUT2D eigenvalue weighted by Crippen LogP contribution is -2.28. The summed E-state index contributed by atoms with van der Waals surface area (Å²) in [7, 11) is 0. The standard InChI is InChI=1S/C12H9F4N/c13-10-6-5-9(11(17)12(14,15)16)7-3-1-2-4-8(7)10/h1-6,11H,17H2/t11-/m0/s1. The summed E-state index contributed by atoms with van der Waals surface area (Å²) in [5.74, 6) is -0.557. The summed E-state index contributed by atoms with van der Waals surface area (Å²) in [5.41, 5.74) is 5.02. The zero-order valence-corrected chi connectivity index (χ0v) is 8.63. The molecular formula is C12H9F4N. The van der Waals surface area contributed by atoms with Gasteiger partial charge in [-0.2, -0.15) is 13.2 Å². The molecule has 90 valence electrons. The third-order valence-electron chi connectivity index (χ3n) is 2.59. The molecule has 2 rings (SSSR count). The van der Waals surface area contributed by atoms with E-state index < -0.39 is 18.0 Å². The number of nitrogens with two attached hydrogens (primary N) is 1. The van der Waals surface area contributed by atoms with Crippen molar-refractivity contribution in [2.24, 2.45) is 5.73 Å². The van der Waals surface area contributed by atoms with Crippen molar-refractivity contribution in [3.8, 4) is 0 Å². The second kappa shape index (κ2) is 4.00. The Morgan fingerprint density at radius 2 is 1.53 bits per heavy atom. The number of halogens is 4. The Kier molecular flexibility index (Phi) is 2.79. The summed E-state index contributed by atoms with van der Waals surface area (Å²) in [6, 6.07) is 5.95. The molecule has 0 saturated carbocycles. The predicted octanol–water partition coefficient (Wildman–Crippen LogP) is 3.54. The van der Waals surface area contributed by atoms with Crippen molar-refractivity contribution in [1.29, 1.82) is 0 Å². The van der Waals surface area contributed by atoms with E-state index in [-0.39, 0.29) is 16.3 Å². The smallest absolute Gasteiger partial charge is 0.316 e. The van der Waals surface area contributed by atoms with Gasteiger partial charge in [0.15, 0.2) is 0 Å². The fourth-order valence-corrected chi connectivity index (χ4v) is 1.73. The van der Waals surface area contributed by atoms with Crippen molar-refractivity contribution in [2.45, 2.75) is 12.2 Å². The molecular weight excluding hydrogens is 234 g/mol. The van der Waals surface area contributed by atoms with E-state index in [1.807, 2.05) is 0 Å². The molecule has 1 nitrogen and oxygen atoms in total. The van der Waals surface area contributed by atoms with Gasteiger partial charge in [0.25, 0.3) is 0 Å². The van der Waals surface area contributed by atoms with E-state index in [1.165, 1.54) is 12.1 Å². The molecule has 2 aromatic carbocycles. The Morgan fingerprint density at radius 3 is 2.12 bits per heavy atom. The molecule has 0 bridgehead atoms. The molecule has 0 aliphatic carbocycles. The van der Waals surface area contributed by atoms with Gasteiger partial charge >= 0.3 is 6.18 Å². The van der Waals surface area contributed by atoms with Gasteiger partial charge in [-0.3, -0.25) is 0 Å². The highest BCUT2D eigenvalue weighted by Crippen LogP contribution is 2.34. The fourth-order valence-electron chi connectivity index (χ4n) is 1.73. The molecule has 5 heteroatoms. The van der Waals surface area contributed by atoms with Gasteiger partial charge in [-0.05, 0) is 17.0 Å². The van der Waals surface area contributed by atoms with E-state index in [0.29, 0.717) is 0 Å². The SMILES string of the molecule is N[C@@H](c1ccc(F)c2ccccc12)C(F)(F)F. The van der Waals surface area contributed by atoms with Gasteiger partial charge in [0, 0.05) is 5.39 Å². The number of hydrogen-bond acceptors (Lipinski definition) is 1. The van der Waals surface area contributed by atoms with E-state index in [4.69, 9.17) is 5.73 Å². The lowest BCUT2D eigenvalue weighted by molar-refractivity contribution is -0.148. The van der Waals surface area contributed by atoms with E-state index >= 15 is 0 Å². The summed E-state index contributed by atoms with van der Waals surface area (Å²) in [4.78, 5) is 0. The van der Waals surface area contributed by atoms with Crippen molar-refractivity contribution in [3.63, 3.8) is 0 Å². The number of hydrogen-bond donors (Lipinski definition) is 1. The van der Waals surface area contributed by atoms with Crippen molar-refractivity contribution in [1.82, 2.24) is 0 Å². The van der Waals surface area contributed by atoms with Crippen LogP contribution in [-0.2, 0) is 0 Å². The predicted molar refractivity (Wildman–Crippen MR) is 56.9 cm³/mol. The lowest BCUT2D eigenvalue weighted by Gasteiger charge is -2.18. The van der Waals surface area contributed by atoms with Crippen molar-refractivity contribution in [2.75, 3.05) is 0 Å². The summed E-state index contributed by atoms with van der Waals surface area (Å²) in [6.07, 6.45) is -4.54. The lowest BCUT2D eigenvalue weighted by atomic mass is 9.98. The fraction of sp³-hybridized carbons (Fsp3) is 0.167. The summed E-state index contributed by atoms with van der Waals surface area (Å²) < 4.78 is 51.0. The minimum absolute atomic E-state index is 0.116. The first-order chi connectivity index (χ1) is 7.91. The average molecular weight is 243 g/mol.